The second kappa shape index (κ2) is 6.65. The predicted molar refractivity (Wildman–Crippen MR) is 73.1 cm³/mol. The molecule has 18 heavy (non-hydrogen) atoms. The molecular formula is C11H20N4O2S. The van der Waals surface area contributed by atoms with E-state index in [4.69, 9.17) is 5.73 Å². The van der Waals surface area contributed by atoms with Gasteiger partial charge in [-0.1, -0.05) is 12.2 Å². The van der Waals surface area contributed by atoms with Gasteiger partial charge in [-0.15, -0.1) is 0 Å². The Morgan fingerprint density at radius 2 is 2.22 bits per heavy atom. The summed E-state index contributed by atoms with van der Waals surface area (Å²) in [5.74, 6) is -1.19. The van der Waals surface area contributed by atoms with Crippen molar-refractivity contribution in [2.24, 2.45) is 5.73 Å². The molecule has 0 radical (unpaired) electrons. The average Bonchev–Trinajstić information content (AvgIpc) is 2.34. The zero-order valence-corrected chi connectivity index (χ0v) is 11.6. The summed E-state index contributed by atoms with van der Waals surface area (Å²) < 4.78 is 0. The molecule has 0 bridgehead atoms. The summed E-state index contributed by atoms with van der Waals surface area (Å²) in [7, 11) is 3.67. The van der Waals surface area contributed by atoms with E-state index in [0.717, 1.165) is 25.9 Å². The van der Waals surface area contributed by atoms with E-state index in [9.17, 15) is 9.59 Å². The number of piperidine rings is 1. The van der Waals surface area contributed by atoms with Crippen molar-refractivity contribution in [3.63, 3.8) is 0 Å². The van der Waals surface area contributed by atoms with Gasteiger partial charge >= 0.3 is 11.8 Å². The van der Waals surface area contributed by atoms with Crippen LogP contribution in [0.15, 0.2) is 0 Å². The zero-order chi connectivity index (χ0) is 13.7. The van der Waals surface area contributed by atoms with Gasteiger partial charge in [-0.3, -0.25) is 9.59 Å². The number of likely N-dealkylation sites (tertiary alicyclic amines) is 1. The Morgan fingerprint density at radius 1 is 1.56 bits per heavy atom. The lowest BCUT2D eigenvalue weighted by atomic mass is 10.1. The maximum absolute atomic E-state index is 11.9. The van der Waals surface area contributed by atoms with Crippen molar-refractivity contribution in [1.82, 2.24) is 15.1 Å². The van der Waals surface area contributed by atoms with Crippen LogP contribution in [0.1, 0.15) is 12.8 Å². The van der Waals surface area contributed by atoms with Crippen molar-refractivity contribution in [2.45, 2.75) is 18.9 Å². The van der Waals surface area contributed by atoms with Gasteiger partial charge in [0.15, 0.2) is 0 Å². The van der Waals surface area contributed by atoms with Gasteiger partial charge in [-0.2, -0.15) is 0 Å². The molecule has 1 aliphatic heterocycles. The van der Waals surface area contributed by atoms with Crippen LogP contribution in [-0.4, -0.2) is 66.4 Å². The van der Waals surface area contributed by atoms with Crippen molar-refractivity contribution in [3.8, 4) is 0 Å². The van der Waals surface area contributed by atoms with Gasteiger partial charge in [0, 0.05) is 19.6 Å². The molecule has 2 amide bonds. The number of likely N-dealkylation sites (N-methyl/N-ethyl adjacent to an activating group) is 2. The van der Waals surface area contributed by atoms with Gasteiger partial charge in [0.2, 0.25) is 0 Å². The van der Waals surface area contributed by atoms with Crippen molar-refractivity contribution >= 4 is 29.0 Å². The van der Waals surface area contributed by atoms with Gasteiger partial charge in [-0.05, 0) is 26.4 Å². The van der Waals surface area contributed by atoms with Crippen molar-refractivity contribution in [1.29, 1.82) is 0 Å². The van der Waals surface area contributed by atoms with Crippen LogP contribution < -0.4 is 11.1 Å². The highest BCUT2D eigenvalue weighted by Crippen LogP contribution is 2.13. The van der Waals surface area contributed by atoms with E-state index in [-0.39, 0.29) is 17.6 Å². The number of carbonyl (C=O) groups excluding carboxylic acids is 2. The molecule has 1 saturated heterocycles. The fourth-order valence-corrected chi connectivity index (χ4v) is 2.10. The number of hydrogen-bond acceptors (Lipinski definition) is 4. The van der Waals surface area contributed by atoms with E-state index >= 15 is 0 Å². The molecule has 102 valence electrons. The number of nitrogens with zero attached hydrogens (tertiary/aromatic N) is 2. The summed E-state index contributed by atoms with van der Waals surface area (Å²) in [5, 5.41) is 2.40. The highest BCUT2D eigenvalue weighted by atomic mass is 32.1. The fourth-order valence-electron chi connectivity index (χ4n) is 2.02. The molecule has 0 aliphatic carbocycles. The van der Waals surface area contributed by atoms with Crippen molar-refractivity contribution in [2.75, 3.05) is 33.7 Å². The summed E-state index contributed by atoms with van der Waals surface area (Å²) in [5.41, 5.74) is 5.26. The van der Waals surface area contributed by atoms with E-state index in [1.807, 2.05) is 7.05 Å². The lowest BCUT2D eigenvalue weighted by Gasteiger charge is -2.35. The average molecular weight is 272 g/mol. The molecule has 1 unspecified atom stereocenters. The van der Waals surface area contributed by atoms with Crippen LogP contribution in [0.25, 0.3) is 0 Å². The third-order valence-corrected chi connectivity index (χ3v) is 3.23. The first-order valence-electron chi connectivity index (χ1n) is 5.93. The lowest BCUT2D eigenvalue weighted by Crippen LogP contribution is -2.52. The number of carbonyl (C=O) groups is 2. The van der Waals surface area contributed by atoms with Crippen molar-refractivity contribution < 1.29 is 9.59 Å². The minimum Gasteiger partial charge on any atom is -0.392 e. The van der Waals surface area contributed by atoms with E-state index in [1.54, 1.807) is 7.05 Å². The Morgan fingerprint density at radius 3 is 2.78 bits per heavy atom. The predicted octanol–water partition coefficient (Wildman–Crippen LogP) is -1.06. The minimum absolute atomic E-state index is 0.0539. The van der Waals surface area contributed by atoms with Gasteiger partial charge < -0.3 is 20.9 Å². The molecule has 0 spiro atoms. The maximum Gasteiger partial charge on any atom is 0.311 e. The second-order valence-corrected chi connectivity index (χ2v) is 5.15. The fraction of sp³-hybridized carbons (Fsp3) is 0.727. The van der Waals surface area contributed by atoms with Crippen LogP contribution >= 0.6 is 12.2 Å². The summed E-state index contributed by atoms with van der Waals surface area (Å²) in [4.78, 5) is 27.3. The molecule has 1 fully saturated rings. The third kappa shape index (κ3) is 4.23. The minimum atomic E-state index is -0.654. The first kappa shape index (κ1) is 14.8. The maximum atomic E-state index is 11.9. The molecule has 1 rings (SSSR count). The van der Waals surface area contributed by atoms with E-state index in [1.165, 1.54) is 4.90 Å². The topological polar surface area (TPSA) is 78.7 Å². The Hall–Kier alpha value is -1.21. The van der Waals surface area contributed by atoms with E-state index < -0.39 is 11.8 Å². The number of rotatable bonds is 3. The normalized spacial score (nSPS) is 20.2. The second-order valence-electron chi connectivity index (χ2n) is 4.62. The number of thiocarbonyl (C=S) groups is 1. The lowest BCUT2D eigenvalue weighted by molar-refractivity contribution is -0.146. The highest BCUT2D eigenvalue weighted by molar-refractivity contribution is 7.80. The van der Waals surface area contributed by atoms with Crippen LogP contribution in [0.2, 0.25) is 0 Å². The molecule has 0 saturated carbocycles. The largest absolute Gasteiger partial charge is 0.392 e. The Kier molecular flexibility index (Phi) is 5.49. The van der Waals surface area contributed by atoms with Crippen LogP contribution in [0.3, 0.4) is 0 Å². The summed E-state index contributed by atoms with van der Waals surface area (Å²) in [6.45, 7) is 1.88. The molecule has 1 aliphatic rings. The number of nitrogens with two attached hydrogens (primary N) is 1. The van der Waals surface area contributed by atoms with Gasteiger partial charge in [0.25, 0.3) is 0 Å². The number of nitrogens with one attached hydrogen (secondary N) is 1. The molecule has 0 aromatic heterocycles. The number of amides is 2. The van der Waals surface area contributed by atoms with Crippen LogP contribution in [0, 0.1) is 0 Å². The smallest absolute Gasteiger partial charge is 0.311 e. The van der Waals surface area contributed by atoms with Crippen LogP contribution in [-0.2, 0) is 9.59 Å². The van der Waals surface area contributed by atoms with Crippen LogP contribution in [0.5, 0.6) is 0 Å². The number of hydrogen-bond donors (Lipinski definition) is 2. The van der Waals surface area contributed by atoms with Gasteiger partial charge in [-0.25, -0.2) is 0 Å². The monoisotopic (exact) mass is 272 g/mol. The molecule has 0 aromatic carbocycles. The van der Waals surface area contributed by atoms with Crippen molar-refractivity contribution in [3.05, 3.63) is 0 Å². The van der Waals surface area contributed by atoms with Gasteiger partial charge in [0.05, 0.1) is 11.5 Å². The van der Waals surface area contributed by atoms with Crippen LogP contribution in [0.4, 0.5) is 0 Å². The molecule has 1 atom stereocenters. The SMILES string of the molecule is CN1CCCC(N(C)C(=O)C(=O)NCC(N)=S)C1. The molecule has 3 N–H and O–H groups in total. The molecule has 6 nitrogen and oxygen atoms in total. The van der Waals surface area contributed by atoms with E-state index in [0.29, 0.717) is 0 Å². The Labute approximate surface area is 112 Å². The third-order valence-electron chi connectivity index (χ3n) is 3.09. The zero-order valence-electron chi connectivity index (χ0n) is 10.8. The summed E-state index contributed by atoms with van der Waals surface area (Å²) in [6.07, 6.45) is 1.96. The Balaban J connectivity index is 2.49. The highest BCUT2D eigenvalue weighted by Gasteiger charge is 2.27. The molecular weight excluding hydrogens is 252 g/mol. The standard InChI is InChI=1S/C11H20N4O2S/c1-14-5-3-4-8(7-14)15(2)11(17)10(16)13-6-9(12)18/h8H,3-7H2,1-2H3,(H2,12,18)(H,13,16). The molecule has 7 heteroatoms. The summed E-state index contributed by atoms with van der Waals surface area (Å²) >= 11 is 4.64. The first-order valence-corrected chi connectivity index (χ1v) is 6.34. The first-order chi connectivity index (χ1) is 8.41. The quantitative estimate of drug-likeness (QED) is 0.506. The van der Waals surface area contributed by atoms with Gasteiger partial charge in [0.1, 0.15) is 0 Å². The molecule has 1 heterocycles. The summed E-state index contributed by atoms with van der Waals surface area (Å²) in [6, 6.07) is 0.0897. The molecule has 0 aromatic rings. The van der Waals surface area contributed by atoms with E-state index in [2.05, 4.69) is 22.4 Å². The Bertz CT molecular complexity index is 348.